The van der Waals surface area contributed by atoms with E-state index in [1.807, 2.05) is 6.92 Å². The van der Waals surface area contributed by atoms with Gasteiger partial charge in [0.15, 0.2) is 0 Å². The highest BCUT2D eigenvalue weighted by Gasteiger charge is 2.09. The minimum Gasteiger partial charge on any atom is -0.205 e. The topological polar surface area (TPSA) is 43.6 Å². The Morgan fingerprint density at radius 2 is 2.21 bits per heavy atom. The van der Waals surface area contributed by atoms with Crippen molar-refractivity contribution in [2.75, 3.05) is 0 Å². The van der Waals surface area contributed by atoms with E-state index in [1.165, 1.54) is 10.7 Å². The first kappa shape index (κ1) is 9.14. The van der Waals surface area contributed by atoms with Gasteiger partial charge in [-0.2, -0.15) is 4.68 Å². The van der Waals surface area contributed by atoms with Crippen LogP contribution in [0.1, 0.15) is 5.56 Å². The van der Waals surface area contributed by atoms with Gasteiger partial charge in [0.05, 0.1) is 0 Å². The Bertz CT molecular complexity index is 468. The summed E-state index contributed by atoms with van der Waals surface area (Å²) in [6.45, 7) is 1.81. The van der Waals surface area contributed by atoms with Crippen molar-refractivity contribution in [2.45, 2.75) is 12.1 Å². The van der Waals surface area contributed by atoms with Gasteiger partial charge in [-0.3, -0.25) is 0 Å². The van der Waals surface area contributed by atoms with Crippen LogP contribution in [0.25, 0.3) is 5.69 Å². The summed E-state index contributed by atoms with van der Waals surface area (Å²) in [5, 5.41) is 10.8. The molecule has 2 aromatic rings. The van der Waals surface area contributed by atoms with Crippen LogP contribution in [0, 0.1) is 12.7 Å². The Morgan fingerprint density at radius 1 is 1.43 bits per heavy atom. The second-order valence-corrected chi connectivity index (χ2v) is 3.25. The number of aromatic nitrogens is 4. The van der Waals surface area contributed by atoms with Gasteiger partial charge in [-0.1, -0.05) is 6.07 Å². The first-order chi connectivity index (χ1) is 6.68. The standard InChI is InChI=1S/C8H7FN4S/c1-5-2-3-7(6(9)4-5)13-8(14)10-11-12-13/h2-4H,1H3,(H,10,12,14). The number of aryl methyl sites for hydroxylation is 1. The molecule has 2 rings (SSSR count). The highest BCUT2D eigenvalue weighted by Crippen LogP contribution is 2.15. The number of halogens is 1. The van der Waals surface area contributed by atoms with E-state index in [9.17, 15) is 4.39 Å². The third-order valence-corrected chi connectivity index (χ3v) is 2.06. The van der Waals surface area contributed by atoms with Crippen LogP contribution in [0.3, 0.4) is 0 Å². The second-order valence-electron chi connectivity index (χ2n) is 2.85. The van der Waals surface area contributed by atoms with Crippen molar-refractivity contribution in [1.82, 2.24) is 20.2 Å². The summed E-state index contributed by atoms with van der Waals surface area (Å²) < 4.78 is 14.7. The van der Waals surface area contributed by atoms with Crippen molar-refractivity contribution in [3.8, 4) is 5.69 Å². The average molecular weight is 210 g/mol. The third-order valence-electron chi connectivity index (χ3n) is 1.78. The van der Waals surface area contributed by atoms with Crippen molar-refractivity contribution >= 4 is 12.6 Å². The molecule has 0 spiro atoms. The van der Waals surface area contributed by atoms with Gasteiger partial charge in [-0.15, -0.1) is 17.7 Å². The Labute approximate surface area is 85.2 Å². The molecule has 72 valence electrons. The summed E-state index contributed by atoms with van der Waals surface area (Å²) in [5.41, 5.74) is 1.14. The molecule has 0 radical (unpaired) electrons. The number of hydrogen-bond acceptors (Lipinski definition) is 4. The number of thiol groups is 1. The molecule has 0 aliphatic rings. The maximum absolute atomic E-state index is 13.4. The molecule has 0 aliphatic heterocycles. The van der Waals surface area contributed by atoms with Crippen LogP contribution in [-0.2, 0) is 0 Å². The summed E-state index contributed by atoms with van der Waals surface area (Å²) >= 11 is 3.99. The van der Waals surface area contributed by atoms with Crippen LogP contribution in [0.15, 0.2) is 23.4 Å². The SMILES string of the molecule is Cc1ccc(-n2nnnc2S)c(F)c1. The Hall–Kier alpha value is -1.43. The Morgan fingerprint density at radius 3 is 2.79 bits per heavy atom. The summed E-state index contributed by atoms with van der Waals surface area (Å²) in [4.78, 5) is 0. The molecule has 1 aromatic carbocycles. The van der Waals surface area contributed by atoms with E-state index in [2.05, 4.69) is 28.2 Å². The average Bonchev–Trinajstić information content (AvgIpc) is 2.52. The molecule has 0 N–H and O–H groups in total. The fraction of sp³-hybridized carbons (Fsp3) is 0.125. The highest BCUT2D eigenvalue weighted by molar-refractivity contribution is 7.80. The fourth-order valence-corrected chi connectivity index (χ4v) is 1.31. The van der Waals surface area contributed by atoms with Gasteiger partial charge in [0.2, 0.25) is 5.16 Å². The van der Waals surface area contributed by atoms with Crippen LogP contribution in [0.5, 0.6) is 0 Å². The fourth-order valence-electron chi connectivity index (χ4n) is 1.12. The van der Waals surface area contributed by atoms with Crippen molar-refractivity contribution < 1.29 is 4.39 Å². The first-order valence-electron chi connectivity index (χ1n) is 3.92. The molecule has 6 heteroatoms. The number of nitrogens with zero attached hydrogens (tertiary/aromatic N) is 4. The predicted octanol–water partition coefficient (Wildman–Crippen LogP) is 1.40. The van der Waals surface area contributed by atoms with Gasteiger partial charge in [0.25, 0.3) is 0 Å². The van der Waals surface area contributed by atoms with E-state index in [0.717, 1.165) is 5.56 Å². The zero-order valence-electron chi connectivity index (χ0n) is 7.35. The van der Waals surface area contributed by atoms with E-state index in [1.54, 1.807) is 12.1 Å². The van der Waals surface area contributed by atoms with Crippen molar-refractivity contribution in [1.29, 1.82) is 0 Å². The van der Waals surface area contributed by atoms with Crippen LogP contribution < -0.4 is 0 Å². The molecule has 0 saturated carbocycles. The molecule has 0 amide bonds. The van der Waals surface area contributed by atoms with Gasteiger partial charge < -0.3 is 0 Å². The minimum absolute atomic E-state index is 0.257. The Kier molecular flexibility index (Phi) is 2.20. The molecular weight excluding hydrogens is 203 g/mol. The molecule has 1 aromatic heterocycles. The summed E-state index contributed by atoms with van der Waals surface area (Å²) in [7, 11) is 0. The largest absolute Gasteiger partial charge is 0.211 e. The maximum Gasteiger partial charge on any atom is 0.211 e. The highest BCUT2D eigenvalue weighted by atomic mass is 32.1. The van der Waals surface area contributed by atoms with E-state index in [0.29, 0.717) is 5.69 Å². The number of hydrogen-bond donors (Lipinski definition) is 1. The van der Waals surface area contributed by atoms with E-state index in [4.69, 9.17) is 0 Å². The van der Waals surface area contributed by atoms with E-state index < -0.39 is 0 Å². The maximum atomic E-state index is 13.4. The van der Waals surface area contributed by atoms with E-state index in [-0.39, 0.29) is 11.0 Å². The van der Waals surface area contributed by atoms with Gasteiger partial charge >= 0.3 is 0 Å². The summed E-state index contributed by atoms with van der Waals surface area (Å²) in [5.74, 6) is -0.368. The molecule has 0 bridgehead atoms. The molecule has 4 nitrogen and oxygen atoms in total. The van der Waals surface area contributed by atoms with Gasteiger partial charge in [0, 0.05) is 0 Å². The molecular formula is C8H7FN4S. The zero-order chi connectivity index (χ0) is 10.1. The number of rotatable bonds is 1. The lowest BCUT2D eigenvalue weighted by atomic mass is 10.2. The van der Waals surface area contributed by atoms with Gasteiger partial charge in [-0.05, 0) is 35.0 Å². The molecule has 0 unspecified atom stereocenters. The van der Waals surface area contributed by atoms with Crippen LogP contribution in [-0.4, -0.2) is 20.2 Å². The molecule has 1 heterocycles. The van der Waals surface area contributed by atoms with Crippen LogP contribution in [0.4, 0.5) is 4.39 Å². The lowest BCUT2D eigenvalue weighted by Crippen LogP contribution is -2.00. The first-order valence-corrected chi connectivity index (χ1v) is 4.37. The molecule has 0 fully saturated rings. The van der Waals surface area contributed by atoms with Crippen molar-refractivity contribution in [2.24, 2.45) is 0 Å². The molecule has 0 atom stereocenters. The minimum atomic E-state index is -0.368. The molecule has 0 saturated heterocycles. The summed E-state index contributed by atoms with van der Waals surface area (Å²) in [6.07, 6.45) is 0. The lowest BCUT2D eigenvalue weighted by Gasteiger charge is -2.02. The van der Waals surface area contributed by atoms with Crippen LogP contribution >= 0.6 is 12.6 Å². The normalized spacial score (nSPS) is 10.5. The molecule has 14 heavy (non-hydrogen) atoms. The van der Waals surface area contributed by atoms with Crippen LogP contribution in [0.2, 0.25) is 0 Å². The zero-order valence-corrected chi connectivity index (χ0v) is 8.24. The molecule has 0 aliphatic carbocycles. The van der Waals surface area contributed by atoms with E-state index >= 15 is 0 Å². The second kappa shape index (κ2) is 3.38. The number of benzene rings is 1. The smallest absolute Gasteiger partial charge is 0.205 e. The van der Waals surface area contributed by atoms with Crippen molar-refractivity contribution in [3.63, 3.8) is 0 Å². The lowest BCUT2D eigenvalue weighted by molar-refractivity contribution is 0.598. The van der Waals surface area contributed by atoms with Crippen molar-refractivity contribution in [3.05, 3.63) is 29.6 Å². The monoisotopic (exact) mass is 210 g/mol. The third kappa shape index (κ3) is 1.48. The number of tetrazole rings is 1. The van der Waals surface area contributed by atoms with Gasteiger partial charge in [-0.25, -0.2) is 4.39 Å². The van der Waals surface area contributed by atoms with Gasteiger partial charge in [0.1, 0.15) is 11.5 Å². The predicted molar refractivity (Wildman–Crippen MR) is 51.1 cm³/mol. The quantitative estimate of drug-likeness (QED) is 0.723. The summed E-state index contributed by atoms with van der Waals surface area (Å²) in [6, 6.07) is 4.82. The Balaban J connectivity index is 2.58.